The molecule has 1 aliphatic rings. The minimum absolute atomic E-state index is 0.136. The molecule has 1 fully saturated rings. The van der Waals surface area contributed by atoms with Gasteiger partial charge in [0.25, 0.3) is 10.2 Å². The Morgan fingerprint density at radius 3 is 2.17 bits per heavy atom. The summed E-state index contributed by atoms with van der Waals surface area (Å²) < 4.78 is 62.7. The Kier molecular flexibility index (Phi) is 5.38. The molecule has 0 radical (unpaired) electrons. The highest BCUT2D eigenvalue weighted by atomic mass is 32.2. The molecule has 0 aliphatic carbocycles. The lowest BCUT2D eigenvalue weighted by molar-refractivity contribution is -0.136. The Bertz CT molecular complexity index is 353. The molecule has 9 heteroatoms. The van der Waals surface area contributed by atoms with Gasteiger partial charge >= 0.3 is 6.18 Å². The first-order valence-corrected chi connectivity index (χ1v) is 7.19. The highest BCUT2D eigenvalue weighted by Gasteiger charge is 2.38. The van der Waals surface area contributed by atoms with Gasteiger partial charge in [0.15, 0.2) is 0 Å². The zero-order valence-electron chi connectivity index (χ0n) is 9.99. The molecule has 0 unspecified atom stereocenters. The molecule has 108 valence electrons. The molecular formula is C9H18F3N3O2S. The molecule has 5 nitrogen and oxygen atoms in total. The molecule has 1 heterocycles. The van der Waals surface area contributed by atoms with Gasteiger partial charge in [-0.05, 0) is 12.8 Å². The monoisotopic (exact) mass is 289 g/mol. The van der Waals surface area contributed by atoms with E-state index >= 15 is 0 Å². The number of hydrogen-bond acceptors (Lipinski definition) is 3. The van der Waals surface area contributed by atoms with E-state index < -0.39 is 22.9 Å². The predicted octanol–water partition coefficient (Wildman–Crippen LogP) is 0.540. The zero-order valence-corrected chi connectivity index (χ0v) is 10.8. The van der Waals surface area contributed by atoms with E-state index in [2.05, 4.69) is 0 Å². The van der Waals surface area contributed by atoms with Crippen molar-refractivity contribution in [3.8, 4) is 0 Å². The molecule has 1 aliphatic heterocycles. The Morgan fingerprint density at radius 1 is 1.17 bits per heavy atom. The summed E-state index contributed by atoms with van der Waals surface area (Å²) in [6.07, 6.45) is -2.29. The third kappa shape index (κ3) is 4.38. The summed E-state index contributed by atoms with van der Waals surface area (Å²) in [5.74, 6) is 0. The van der Waals surface area contributed by atoms with Crippen LogP contribution >= 0.6 is 0 Å². The molecule has 0 aromatic carbocycles. The van der Waals surface area contributed by atoms with Gasteiger partial charge in [-0.1, -0.05) is 6.42 Å². The number of rotatable bonds is 5. The van der Waals surface area contributed by atoms with Gasteiger partial charge in [0, 0.05) is 26.2 Å². The maximum Gasteiger partial charge on any atom is 0.402 e. The van der Waals surface area contributed by atoms with E-state index in [4.69, 9.17) is 5.73 Å². The summed E-state index contributed by atoms with van der Waals surface area (Å²) in [4.78, 5) is 0. The van der Waals surface area contributed by atoms with E-state index in [0.717, 1.165) is 10.7 Å². The van der Waals surface area contributed by atoms with Crippen LogP contribution in [0.15, 0.2) is 0 Å². The average molecular weight is 289 g/mol. The molecule has 18 heavy (non-hydrogen) atoms. The minimum atomic E-state index is -4.56. The third-order valence-electron chi connectivity index (χ3n) is 2.70. The van der Waals surface area contributed by atoms with Crippen LogP contribution in [0, 0.1) is 0 Å². The smallest absolute Gasteiger partial charge is 0.329 e. The van der Waals surface area contributed by atoms with Gasteiger partial charge in [-0.2, -0.15) is 30.2 Å². The van der Waals surface area contributed by atoms with Gasteiger partial charge in [-0.3, -0.25) is 0 Å². The quantitative estimate of drug-likeness (QED) is 0.803. The molecule has 0 aromatic rings. The zero-order chi connectivity index (χ0) is 13.8. The van der Waals surface area contributed by atoms with Crippen LogP contribution in [0.2, 0.25) is 0 Å². The summed E-state index contributed by atoms with van der Waals surface area (Å²) in [5, 5.41) is 0. The van der Waals surface area contributed by atoms with Crippen molar-refractivity contribution in [3.63, 3.8) is 0 Å². The van der Waals surface area contributed by atoms with Gasteiger partial charge in [-0.25, -0.2) is 0 Å². The topological polar surface area (TPSA) is 66.6 Å². The van der Waals surface area contributed by atoms with Crippen molar-refractivity contribution in [1.82, 2.24) is 8.61 Å². The number of alkyl halides is 3. The van der Waals surface area contributed by atoms with Crippen LogP contribution in [-0.4, -0.2) is 55.9 Å². The van der Waals surface area contributed by atoms with Crippen molar-refractivity contribution in [3.05, 3.63) is 0 Å². The number of halogens is 3. The average Bonchev–Trinajstić information content (AvgIpc) is 2.28. The summed E-state index contributed by atoms with van der Waals surface area (Å²) in [6, 6.07) is 0. The van der Waals surface area contributed by atoms with Crippen LogP contribution in [0.5, 0.6) is 0 Å². The maximum absolute atomic E-state index is 12.4. The van der Waals surface area contributed by atoms with Gasteiger partial charge in [0.2, 0.25) is 0 Å². The van der Waals surface area contributed by atoms with E-state index in [-0.39, 0.29) is 26.2 Å². The first-order chi connectivity index (χ1) is 8.27. The minimum Gasteiger partial charge on any atom is -0.329 e. The second-order valence-electron chi connectivity index (χ2n) is 4.20. The summed E-state index contributed by atoms with van der Waals surface area (Å²) in [5.41, 5.74) is 5.18. The van der Waals surface area contributed by atoms with Crippen molar-refractivity contribution >= 4 is 10.2 Å². The van der Waals surface area contributed by atoms with Gasteiger partial charge in [0.1, 0.15) is 6.54 Å². The SMILES string of the molecule is NCCN(CC(F)(F)F)S(=O)(=O)N1CCCCC1. The normalized spacial score (nSPS) is 19.4. The first kappa shape index (κ1) is 15.7. The fourth-order valence-electron chi connectivity index (χ4n) is 1.88. The molecule has 0 saturated carbocycles. The maximum atomic E-state index is 12.4. The lowest BCUT2D eigenvalue weighted by atomic mass is 10.2. The number of nitrogens with two attached hydrogens (primary N) is 1. The molecular weight excluding hydrogens is 271 g/mol. The van der Waals surface area contributed by atoms with Crippen LogP contribution in [-0.2, 0) is 10.2 Å². The fraction of sp³-hybridized carbons (Fsp3) is 1.00. The molecule has 0 spiro atoms. The van der Waals surface area contributed by atoms with Crippen molar-refractivity contribution < 1.29 is 21.6 Å². The van der Waals surface area contributed by atoms with Crippen LogP contribution < -0.4 is 5.73 Å². The third-order valence-corrected chi connectivity index (χ3v) is 4.68. The fourth-order valence-corrected chi connectivity index (χ4v) is 3.57. The molecule has 1 saturated heterocycles. The lowest BCUT2D eigenvalue weighted by Crippen LogP contribution is -2.50. The molecule has 1 rings (SSSR count). The van der Waals surface area contributed by atoms with Crippen molar-refractivity contribution in [1.29, 1.82) is 0 Å². The molecule has 0 aromatic heterocycles. The van der Waals surface area contributed by atoms with Crippen molar-refractivity contribution in [2.75, 3.05) is 32.7 Å². The highest BCUT2D eigenvalue weighted by Crippen LogP contribution is 2.22. The number of nitrogens with zero attached hydrogens (tertiary/aromatic N) is 2. The number of hydrogen-bond donors (Lipinski definition) is 1. The Balaban J connectivity index is 2.81. The van der Waals surface area contributed by atoms with Gasteiger partial charge < -0.3 is 5.73 Å². The van der Waals surface area contributed by atoms with Gasteiger partial charge in [-0.15, -0.1) is 0 Å². The van der Waals surface area contributed by atoms with Crippen LogP contribution in [0.1, 0.15) is 19.3 Å². The van der Waals surface area contributed by atoms with E-state index in [0.29, 0.717) is 17.1 Å². The van der Waals surface area contributed by atoms with E-state index in [1.807, 2.05) is 0 Å². The Hall–Kier alpha value is -0.380. The van der Waals surface area contributed by atoms with E-state index in [9.17, 15) is 21.6 Å². The second kappa shape index (κ2) is 6.18. The first-order valence-electron chi connectivity index (χ1n) is 5.79. The Morgan fingerprint density at radius 2 is 1.72 bits per heavy atom. The van der Waals surface area contributed by atoms with Crippen molar-refractivity contribution in [2.45, 2.75) is 25.4 Å². The summed E-state index contributed by atoms with van der Waals surface area (Å²) >= 11 is 0. The van der Waals surface area contributed by atoms with Crippen molar-refractivity contribution in [2.24, 2.45) is 5.73 Å². The second-order valence-corrected chi connectivity index (χ2v) is 6.13. The summed E-state index contributed by atoms with van der Waals surface area (Å²) in [6.45, 7) is -1.38. The Labute approximate surface area is 105 Å². The molecule has 0 amide bonds. The van der Waals surface area contributed by atoms with Gasteiger partial charge in [0.05, 0.1) is 0 Å². The van der Waals surface area contributed by atoms with Crippen LogP contribution in [0.4, 0.5) is 13.2 Å². The molecule has 0 bridgehead atoms. The van der Waals surface area contributed by atoms with Crippen LogP contribution in [0.25, 0.3) is 0 Å². The highest BCUT2D eigenvalue weighted by molar-refractivity contribution is 7.86. The van der Waals surface area contributed by atoms with Crippen LogP contribution in [0.3, 0.4) is 0 Å². The summed E-state index contributed by atoms with van der Waals surface area (Å²) in [7, 11) is -4.05. The predicted molar refractivity (Wildman–Crippen MR) is 61.0 cm³/mol. The van der Waals surface area contributed by atoms with E-state index in [1.54, 1.807) is 0 Å². The lowest BCUT2D eigenvalue weighted by Gasteiger charge is -2.32. The van der Waals surface area contributed by atoms with E-state index in [1.165, 1.54) is 0 Å². The molecule has 0 atom stereocenters. The largest absolute Gasteiger partial charge is 0.402 e. The standard InChI is InChI=1S/C9H18F3N3O2S/c10-9(11,12)8-15(7-4-13)18(16,17)14-5-2-1-3-6-14/h1-8,13H2. The molecule has 2 N–H and O–H groups in total. The number of piperidine rings is 1.